The Kier molecular flexibility index (Phi) is 15.8. The molecule has 3 aromatic carbocycles. The van der Waals surface area contributed by atoms with Gasteiger partial charge < -0.3 is 43.3 Å². The zero-order chi connectivity index (χ0) is 55.0. The van der Waals surface area contributed by atoms with Crippen molar-refractivity contribution < 1.29 is 71.5 Å². The van der Waals surface area contributed by atoms with Crippen LogP contribution in [0.1, 0.15) is 107 Å². The summed E-state index contributed by atoms with van der Waals surface area (Å²) in [5.74, 6) is -6.55. The summed E-state index contributed by atoms with van der Waals surface area (Å²) in [5, 5.41) is 17.4. The SMILES string of the molecule is CC[Si](CC)(CC)O[C@@H](C(=O)O[C@H]1C[C@@]2(O)[C@@H](OC(=O)c3ccccc3)C3[C@](C)(C(=O)[C@H](OC(C)=O)C(=C1C)C2(C)C)C(OC(=O)n1ccnc1)C[C@H]1OC[C@@]31OC(C)=O)[C@@H](NC(=O)c1ccccc1)c1ccccc1. The summed E-state index contributed by atoms with van der Waals surface area (Å²) in [4.78, 5) is 106. The molecule has 0 radical (unpaired) electrons. The van der Waals surface area contributed by atoms with Gasteiger partial charge in [0, 0.05) is 50.1 Å². The van der Waals surface area contributed by atoms with Crippen molar-refractivity contribution in [2.45, 2.75) is 147 Å². The summed E-state index contributed by atoms with van der Waals surface area (Å²) < 4.78 is 46.3. The molecular formula is C57H67N3O15Si. The van der Waals surface area contributed by atoms with Crippen LogP contribution in [0.3, 0.4) is 0 Å². The quantitative estimate of drug-likeness (QED) is 0.0474. The minimum absolute atomic E-state index is 0.0155. The van der Waals surface area contributed by atoms with Gasteiger partial charge in [-0.05, 0) is 73.0 Å². The van der Waals surface area contributed by atoms with E-state index in [0.29, 0.717) is 29.3 Å². The summed E-state index contributed by atoms with van der Waals surface area (Å²) in [5.41, 5.74) is -7.01. The first-order valence-electron chi connectivity index (χ1n) is 25.8. The maximum Gasteiger partial charge on any atom is 0.419 e. The average molecular weight is 1060 g/mol. The zero-order valence-electron chi connectivity index (χ0n) is 44.3. The Morgan fingerprint density at radius 2 is 1.43 bits per heavy atom. The smallest absolute Gasteiger partial charge is 0.419 e. The minimum Gasteiger partial charge on any atom is -0.456 e. The van der Waals surface area contributed by atoms with E-state index in [4.69, 9.17) is 32.8 Å². The highest BCUT2D eigenvalue weighted by molar-refractivity contribution is 6.73. The van der Waals surface area contributed by atoms with E-state index < -0.39 is 127 Å². The Morgan fingerprint density at radius 1 is 0.829 bits per heavy atom. The molecule has 4 aliphatic rings. The highest BCUT2D eigenvalue weighted by atomic mass is 28.4. The molecule has 1 saturated heterocycles. The van der Waals surface area contributed by atoms with E-state index in [1.54, 1.807) is 99.6 Å². The number of imidazole rings is 1. The molecule has 2 unspecified atom stereocenters. The van der Waals surface area contributed by atoms with Gasteiger partial charge in [-0.2, -0.15) is 0 Å². The average Bonchev–Trinajstić information content (AvgIpc) is 3.98. The molecule has 2 N–H and O–H groups in total. The van der Waals surface area contributed by atoms with Crippen LogP contribution in [0, 0.1) is 16.7 Å². The van der Waals surface area contributed by atoms with Crippen LogP contribution in [0.5, 0.6) is 0 Å². The fraction of sp³-hybridized carbons (Fsp3) is 0.474. The Labute approximate surface area is 442 Å². The van der Waals surface area contributed by atoms with Crippen molar-refractivity contribution in [1.29, 1.82) is 0 Å². The van der Waals surface area contributed by atoms with Gasteiger partial charge in [0.15, 0.2) is 31.9 Å². The second kappa shape index (κ2) is 21.7. The predicted octanol–water partition coefficient (Wildman–Crippen LogP) is 7.65. The summed E-state index contributed by atoms with van der Waals surface area (Å²) >= 11 is 0. The lowest BCUT2D eigenvalue weighted by Gasteiger charge is -2.67. The van der Waals surface area contributed by atoms with Gasteiger partial charge in [-0.25, -0.2) is 23.9 Å². The molecular weight excluding hydrogens is 995 g/mol. The van der Waals surface area contributed by atoms with Crippen molar-refractivity contribution in [3.63, 3.8) is 0 Å². The normalized spacial score (nSPS) is 28.3. The van der Waals surface area contributed by atoms with Gasteiger partial charge in [-0.3, -0.25) is 19.2 Å². The number of ether oxygens (including phenoxy) is 6. The van der Waals surface area contributed by atoms with Gasteiger partial charge in [0.05, 0.1) is 29.5 Å². The number of benzene rings is 3. The van der Waals surface area contributed by atoms with Gasteiger partial charge >= 0.3 is 30.0 Å². The summed E-state index contributed by atoms with van der Waals surface area (Å²) in [6, 6.07) is 26.0. The lowest BCUT2D eigenvalue weighted by molar-refractivity contribution is -0.345. The molecule has 76 heavy (non-hydrogen) atoms. The number of amides is 1. The Bertz CT molecular complexity index is 2850. The third kappa shape index (κ3) is 9.82. The molecule has 1 amide bonds. The topological polar surface area (TPSA) is 234 Å². The number of esters is 4. The van der Waals surface area contributed by atoms with Crippen LogP contribution in [-0.2, 0) is 52.0 Å². The molecule has 4 aromatic rings. The number of nitrogens with one attached hydrogen (secondary N) is 1. The number of carbonyl (C=O) groups excluding carboxylic acids is 7. The first-order valence-corrected chi connectivity index (χ1v) is 28.3. The van der Waals surface area contributed by atoms with Gasteiger partial charge in [-0.1, -0.05) is 101 Å². The van der Waals surface area contributed by atoms with E-state index in [0.717, 1.165) is 11.5 Å². The van der Waals surface area contributed by atoms with E-state index in [1.807, 2.05) is 20.8 Å². The second-order valence-corrected chi connectivity index (χ2v) is 25.7. The fourth-order valence-corrected chi connectivity index (χ4v) is 15.0. The largest absolute Gasteiger partial charge is 0.456 e. The Balaban J connectivity index is 1.35. The number of hydrogen-bond acceptors (Lipinski definition) is 16. The van der Waals surface area contributed by atoms with E-state index in [-0.39, 0.29) is 29.7 Å². The molecule has 19 heteroatoms. The van der Waals surface area contributed by atoms with E-state index >= 15 is 9.59 Å². The van der Waals surface area contributed by atoms with Crippen LogP contribution >= 0.6 is 0 Å². The monoisotopic (exact) mass is 1060 g/mol. The van der Waals surface area contributed by atoms with E-state index in [2.05, 4.69) is 10.3 Å². The number of nitrogens with zero attached hydrogens (tertiary/aromatic N) is 2. The van der Waals surface area contributed by atoms with Crippen LogP contribution < -0.4 is 5.32 Å². The lowest BCUT2D eigenvalue weighted by atomic mass is 9.44. The van der Waals surface area contributed by atoms with Crippen LogP contribution in [-0.4, -0.2) is 119 Å². The molecule has 0 spiro atoms. The van der Waals surface area contributed by atoms with Gasteiger partial charge in [0.25, 0.3) is 5.91 Å². The zero-order valence-corrected chi connectivity index (χ0v) is 45.3. The molecule has 3 fully saturated rings. The molecule has 2 heterocycles. The van der Waals surface area contributed by atoms with Gasteiger partial charge in [0.2, 0.25) is 0 Å². The van der Waals surface area contributed by atoms with Crippen molar-refractivity contribution in [3.8, 4) is 0 Å². The standard InChI is InChI=1S/C57H67N3O15Si/c1-10-76(11-2,12-3)75-46(44(37-22-16-13-17-23-37)59-50(64)38-24-18-14-19-25-38)52(66)71-40-31-57(68)49(73-51(65)39-26-20-15-21-27-39)47-55(9,48(63)45(70-35(5)61)43(34(40)4)54(57,7)8)41(72-53(67)60-29-28-58-33-60)30-42-56(47,32-69-42)74-36(6)62/h13-29,33,40-42,44-47,49,68H,10-12,30-32H2,1-9H3,(H,59,64)/t40-,41?,42+,44-,45+,46+,47?,49-,55+,56-,57+/m0/s1. The van der Waals surface area contributed by atoms with Gasteiger partial charge in [-0.15, -0.1) is 0 Å². The molecule has 2 saturated carbocycles. The van der Waals surface area contributed by atoms with Crippen molar-refractivity contribution in [1.82, 2.24) is 14.9 Å². The van der Waals surface area contributed by atoms with Crippen LogP contribution in [0.4, 0.5) is 4.79 Å². The second-order valence-electron chi connectivity index (χ2n) is 21.0. The van der Waals surface area contributed by atoms with E-state index in [9.17, 15) is 29.1 Å². The molecule has 18 nitrogen and oxygen atoms in total. The van der Waals surface area contributed by atoms with Crippen molar-refractivity contribution in [3.05, 3.63) is 138 Å². The summed E-state index contributed by atoms with van der Waals surface area (Å²) in [6.07, 6.45) is -7.13. The first-order chi connectivity index (χ1) is 36.1. The summed E-state index contributed by atoms with van der Waals surface area (Å²) in [7, 11) is -2.79. The van der Waals surface area contributed by atoms with E-state index in [1.165, 1.54) is 44.7 Å². The number of aromatic nitrogens is 2. The highest BCUT2D eigenvalue weighted by Crippen LogP contribution is 2.65. The summed E-state index contributed by atoms with van der Waals surface area (Å²) in [6.45, 7) is 14.2. The third-order valence-electron chi connectivity index (χ3n) is 16.7. The maximum atomic E-state index is 16.4. The van der Waals surface area contributed by atoms with Crippen molar-refractivity contribution >= 4 is 50.0 Å². The molecule has 404 valence electrons. The number of carbonyl (C=O) groups is 7. The maximum absolute atomic E-state index is 16.4. The molecule has 2 bridgehead atoms. The number of hydrogen-bond donors (Lipinski definition) is 2. The molecule has 8 rings (SSSR count). The Morgan fingerprint density at radius 3 is 1.97 bits per heavy atom. The van der Waals surface area contributed by atoms with Crippen LogP contribution in [0.25, 0.3) is 0 Å². The number of Topliss-reactive ketones (excluding diaryl/α,β-unsaturated/α-hetero) is 1. The number of fused-ring (bicyclic) bond motifs is 5. The predicted molar refractivity (Wildman–Crippen MR) is 276 cm³/mol. The number of aliphatic hydroxyl groups is 1. The molecule has 3 aliphatic carbocycles. The van der Waals surface area contributed by atoms with Crippen LogP contribution in [0.15, 0.2) is 121 Å². The fourth-order valence-electron chi connectivity index (χ4n) is 12.3. The van der Waals surface area contributed by atoms with Crippen molar-refractivity contribution in [2.75, 3.05) is 6.61 Å². The highest BCUT2D eigenvalue weighted by Gasteiger charge is 2.79. The number of rotatable bonds is 16. The first kappa shape index (κ1) is 55.4. The molecule has 1 aliphatic heterocycles. The van der Waals surface area contributed by atoms with Crippen LogP contribution in [0.2, 0.25) is 18.1 Å². The minimum atomic E-state index is -2.79. The lowest BCUT2D eigenvalue weighted by Crippen LogP contribution is -2.82. The van der Waals surface area contributed by atoms with Gasteiger partial charge in [0.1, 0.15) is 36.3 Å². The molecule has 11 atom stereocenters. The molecule has 1 aromatic heterocycles. The third-order valence-corrected chi connectivity index (χ3v) is 21.3. The number of ketones is 1. The van der Waals surface area contributed by atoms with Crippen molar-refractivity contribution in [2.24, 2.45) is 16.7 Å². The Hall–Kier alpha value is -6.80.